The predicted molar refractivity (Wildman–Crippen MR) is 218 cm³/mol. The van der Waals surface area contributed by atoms with Crippen LogP contribution in [0.5, 0.6) is 0 Å². The predicted octanol–water partition coefficient (Wildman–Crippen LogP) is 10.3. The van der Waals surface area contributed by atoms with Crippen molar-refractivity contribution in [3.63, 3.8) is 0 Å². The molecule has 2 N–H and O–H groups in total. The van der Waals surface area contributed by atoms with Gasteiger partial charge in [0.1, 0.15) is 6.10 Å². The minimum atomic E-state index is -1.17. The maximum atomic E-state index is 14.2. The van der Waals surface area contributed by atoms with Gasteiger partial charge < -0.3 is 14.9 Å². The van der Waals surface area contributed by atoms with E-state index in [9.17, 15) is 24.6 Å². The molecule has 0 spiro atoms. The minimum Gasteiger partial charge on any atom is -0.481 e. The third-order valence-corrected chi connectivity index (χ3v) is 17.0. The number of aliphatic hydroxyl groups is 1. The van der Waals surface area contributed by atoms with Crippen LogP contribution in [0.1, 0.15) is 145 Å². The van der Waals surface area contributed by atoms with E-state index in [1.54, 1.807) is 13.8 Å². The number of carboxylic acids is 1. The standard InChI is InChI=1S/C47H70ClNO6/c1-11-24-49(27-30-12-14-31(48)15-13-30)28-36(51)47-23-22-45(9)32(40(47)39(29(2)3)33(50)25-47)16-17-35-44(8)20-19-37(55-38(52)26-42(4,5)41(53)54)43(6,7)34(44)18-21-46(35,45)10/h12-15,29,32,34-37,51H,11,16-28H2,1-10H3,(H,53,54)/t32-,34+,35-,36+,37+,44+,45-,46-,47+/m1/s1. The SMILES string of the molecule is CCCN(Cc1ccc(Cl)cc1)C[C@H](O)[C@@]12CC[C@]3(C)[C@H](CC[C@@H]4[C@@]5(C)CC[C@H](OC(=O)CC(C)(C)C(=O)O)C(C)(C)[C@@H]5CC[C@]43C)C1=C(C(C)C)C(=O)C2. The molecule has 0 aliphatic heterocycles. The molecule has 0 heterocycles. The number of carbonyl (C=O) groups excluding carboxylic acids is 2. The van der Waals surface area contributed by atoms with Gasteiger partial charge in [-0.25, -0.2) is 0 Å². The number of aliphatic carboxylic acids is 1. The number of hydrogen-bond donors (Lipinski definition) is 2. The summed E-state index contributed by atoms with van der Waals surface area (Å²) in [5.74, 6) is 0.0507. The molecule has 5 aliphatic rings. The first-order valence-corrected chi connectivity index (χ1v) is 21.8. The molecule has 0 radical (unpaired) electrons. The summed E-state index contributed by atoms with van der Waals surface area (Å²) in [6, 6.07) is 8.00. The van der Waals surface area contributed by atoms with Crippen LogP contribution in [0.15, 0.2) is 35.4 Å². The van der Waals surface area contributed by atoms with Gasteiger partial charge in [-0.15, -0.1) is 0 Å². The van der Waals surface area contributed by atoms with Crippen LogP contribution in [0, 0.1) is 56.2 Å². The summed E-state index contributed by atoms with van der Waals surface area (Å²) in [5, 5.41) is 22.9. The Morgan fingerprint density at radius 1 is 0.945 bits per heavy atom. The van der Waals surface area contributed by atoms with E-state index in [1.807, 2.05) is 12.1 Å². The van der Waals surface area contributed by atoms with Crippen molar-refractivity contribution in [2.75, 3.05) is 13.1 Å². The Kier molecular flexibility index (Phi) is 11.5. The number of aliphatic hydroxyl groups excluding tert-OH is 1. The molecule has 0 saturated heterocycles. The van der Waals surface area contributed by atoms with Crippen LogP contribution in [-0.4, -0.2) is 58.1 Å². The molecular weight excluding hydrogens is 710 g/mol. The second-order valence-electron chi connectivity index (χ2n) is 20.9. The van der Waals surface area contributed by atoms with Crippen molar-refractivity contribution in [2.45, 2.75) is 159 Å². The number of carboxylic acid groups (broad SMARTS) is 1. The zero-order valence-corrected chi connectivity index (χ0v) is 36.3. The Labute approximate surface area is 336 Å². The van der Waals surface area contributed by atoms with Gasteiger partial charge in [0.05, 0.1) is 17.9 Å². The molecule has 1 aromatic rings. The molecule has 0 unspecified atom stereocenters. The number of halogens is 1. The number of benzene rings is 1. The van der Waals surface area contributed by atoms with Crippen LogP contribution in [0.2, 0.25) is 5.02 Å². The molecule has 6 rings (SSSR count). The van der Waals surface area contributed by atoms with E-state index in [0.717, 1.165) is 81.5 Å². The molecule has 4 saturated carbocycles. The topological polar surface area (TPSA) is 104 Å². The average Bonchev–Trinajstić information content (AvgIpc) is 3.40. The van der Waals surface area contributed by atoms with E-state index in [2.05, 4.69) is 72.4 Å². The van der Waals surface area contributed by atoms with Gasteiger partial charge >= 0.3 is 11.9 Å². The summed E-state index contributed by atoms with van der Waals surface area (Å²) in [4.78, 5) is 41.5. The fourth-order valence-corrected chi connectivity index (χ4v) is 13.9. The quantitative estimate of drug-likeness (QED) is 0.204. The Bertz CT molecular complexity index is 1680. The smallest absolute Gasteiger partial charge is 0.309 e. The van der Waals surface area contributed by atoms with Gasteiger partial charge in [-0.1, -0.05) is 84.7 Å². The summed E-state index contributed by atoms with van der Waals surface area (Å²) < 4.78 is 6.19. The summed E-state index contributed by atoms with van der Waals surface area (Å²) in [5.41, 5.74) is 1.63. The second kappa shape index (κ2) is 14.9. The lowest BCUT2D eigenvalue weighted by molar-refractivity contribution is -0.235. The monoisotopic (exact) mass is 779 g/mol. The summed E-state index contributed by atoms with van der Waals surface area (Å²) >= 11 is 6.21. The van der Waals surface area contributed by atoms with Gasteiger partial charge in [0.15, 0.2) is 5.78 Å². The molecule has 55 heavy (non-hydrogen) atoms. The molecule has 0 bridgehead atoms. The number of allylic oxidation sites excluding steroid dienone is 1. The first-order valence-electron chi connectivity index (χ1n) is 21.4. The summed E-state index contributed by atoms with van der Waals surface area (Å²) in [7, 11) is 0. The van der Waals surface area contributed by atoms with Crippen molar-refractivity contribution in [3.05, 3.63) is 46.0 Å². The van der Waals surface area contributed by atoms with Crippen LogP contribution < -0.4 is 0 Å². The number of hydrogen-bond acceptors (Lipinski definition) is 6. The number of ketones is 1. The maximum absolute atomic E-state index is 14.2. The number of rotatable bonds is 12. The minimum absolute atomic E-state index is 0.0184. The number of ether oxygens (including phenoxy) is 1. The molecular formula is C47H70ClNO6. The second-order valence-corrected chi connectivity index (χ2v) is 21.4. The number of carbonyl (C=O) groups is 3. The highest BCUT2D eigenvalue weighted by atomic mass is 35.5. The first-order chi connectivity index (χ1) is 25.6. The van der Waals surface area contributed by atoms with Crippen LogP contribution >= 0.6 is 11.6 Å². The van der Waals surface area contributed by atoms with E-state index in [-0.39, 0.29) is 51.8 Å². The van der Waals surface area contributed by atoms with Gasteiger partial charge in [-0.3, -0.25) is 19.3 Å². The fraction of sp³-hybridized carbons (Fsp3) is 0.766. The Balaban J connectivity index is 1.28. The van der Waals surface area contributed by atoms with E-state index in [0.29, 0.717) is 24.8 Å². The number of Topliss-reactive ketones (excluding diaryl/α,β-unsaturated/α-hetero) is 1. The van der Waals surface area contributed by atoms with Gasteiger partial charge in [0.25, 0.3) is 0 Å². The van der Waals surface area contributed by atoms with E-state index < -0.39 is 28.9 Å². The normalized spacial score (nSPS) is 36.2. The molecule has 1 aromatic carbocycles. The zero-order chi connectivity index (χ0) is 40.5. The van der Waals surface area contributed by atoms with E-state index in [1.165, 1.54) is 11.1 Å². The van der Waals surface area contributed by atoms with E-state index in [4.69, 9.17) is 16.3 Å². The molecule has 0 amide bonds. The number of fused-ring (bicyclic) bond motifs is 7. The molecule has 0 aromatic heterocycles. The lowest BCUT2D eigenvalue weighted by atomic mass is 9.33. The van der Waals surface area contributed by atoms with Crippen molar-refractivity contribution < 1.29 is 29.3 Å². The molecule has 4 fully saturated rings. The molecule has 5 aliphatic carbocycles. The van der Waals surface area contributed by atoms with Gasteiger partial charge in [-0.05, 0) is 141 Å². The third-order valence-electron chi connectivity index (χ3n) is 16.8. The number of esters is 1. The number of nitrogens with zero attached hydrogens (tertiary/aromatic N) is 1. The van der Waals surface area contributed by atoms with Crippen LogP contribution in [0.25, 0.3) is 0 Å². The van der Waals surface area contributed by atoms with Crippen molar-refractivity contribution in [1.29, 1.82) is 0 Å². The Hall–Kier alpha value is -2.22. The third kappa shape index (κ3) is 6.96. The Morgan fingerprint density at radius 2 is 1.62 bits per heavy atom. The summed E-state index contributed by atoms with van der Waals surface area (Å²) in [6.07, 6.45) is 8.22. The molecule has 8 heteroatoms. The van der Waals surface area contributed by atoms with Gasteiger partial charge in [0, 0.05) is 35.4 Å². The first kappa shape index (κ1) is 42.4. The summed E-state index contributed by atoms with van der Waals surface area (Å²) in [6.45, 7) is 24.0. The Morgan fingerprint density at radius 3 is 2.24 bits per heavy atom. The lowest BCUT2D eigenvalue weighted by Crippen LogP contribution is -2.66. The highest BCUT2D eigenvalue weighted by molar-refractivity contribution is 6.30. The van der Waals surface area contributed by atoms with Crippen LogP contribution in [0.4, 0.5) is 0 Å². The van der Waals surface area contributed by atoms with Crippen LogP contribution in [-0.2, 0) is 25.7 Å². The van der Waals surface area contributed by atoms with Crippen molar-refractivity contribution >= 4 is 29.3 Å². The lowest BCUT2D eigenvalue weighted by Gasteiger charge is -2.72. The zero-order valence-electron chi connectivity index (χ0n) is 35.5. The largest absolute Gasteiger partial charge is 0.481 e. The van der Waals surface area contributed by atoms with Crippen molar-refractivity contribution in [3.8, 4) is 0 Å². The molecule has 306 valence electrons. The van der Waals surface area contributed by atoms with Gasteiger partial charge in [0.2, 0.25) is 0 Å². The maximum Gasteiger partial charge on any atom is 0.309 e. The van der Waals surface area contributed by atoms with Crippen molar-refractivity contribution in [2.24, 2.45) is 56.2 Å². The highest BCUT2D eigenvalue weighted by Crippen LogP contribution is 2.77. The van der Waals surface area contributed by atoms with Crippen molar-refractivity contribution in [1.82, 2.24) is 4.90 Å². The highest BCUT2D eigenvalue weighted by Gasteiger charge is 2.71. The van der Waals surface area contributed by atoms with Gasteiger partial charge in [-0.2, -0.15) is 0 Å². The molecule has 9 atom stereocenters. The average molecular weight is 781 g/mol. The fourth-order valence-electron chi connectivity index (χ4n) is 13.7. The van der Waals surface area contributed by atoms with Crippen LogP contribution in [0.3, 0.4) is 0 Å². The van der Waals surface area contributed by atoms with E-state index >= 15 is 0 Å². The molecule has 7 nitrogen and oxygen atoms in total.